The maximum absolute atomic E-state index is 12.2. The summed E-state index contributed by atoms with van der Waals surface area (Å²) in [5.74, 6) is 0. The van der Waals surface area contributed by atoms with Crippen LogP contribution in [0, 0.1) is 0 Å². The number of sulfonamides is 1. The van der Waals surface area contributed by atoms with Crippen molar-refractivity contribution in [3.05, 3.63) is 18.2 Å². The van der Waals surface area contributed by atoms with Gasteiger partial charge in [-0.15, -0.1) is 0 Å². The number of rotatable bonds is 4. The van der Waals surface area contributed by atoms with Crippen molar-refractivity contribution in [1.29, 1.82) is 0 Å². The summed E-state index contributed by atoms with van der Waals surface area (Å²) in [6.07, 6.45) is 0. The second kappa shape index (κ2) is 6.21. The Hall–Kier alpha value is -1.31. The number of nitrogen functional groups attached to an aromatic ring is 1. The molecule has 0 unspecified atom stereocenters. The number of nitrogens with zero attached hydrogens (tertiary/aromatic N) is 2. The van der Waals surface area contributed by atoms with E-state index in [0.717, 1.165) is 31.9 Å². The molecule has 0 amide bonds. The standard InChI is InChI=1S/C14H24N4O2S/c1-11(2)17-6-8-18(9-7-17)13-5-4-12(15)10-14(13)21(19,20)16-3/h4-5,10-11,16H,6-9,15H2,1-3H3. The molecule has 7 heteroatoms. The molecule has 0 radical (unpaired) electrons. The average molecular weight is 312 g/mol. The molecular weight excluding hydrogens is 288 g/mol. The van der Waals surface area contributed by atoms with E-state index in [0.29, 0.717) is 11.7 Å². The van der Waals surface area contributed by atoms with Crippen molar-refractivity contribution in [2.45, 2.75) is 24.8 Å². The Labute approximate surface area is 127 Å². The Bertz CT molecular complexity index is 593. The number of nitrogens with two attached hydrogens (primary N) is 1. The quantitative estimate of drug-likeness (QED) is 0.801. The van der Waals surface area contributed by atoms with Crippen molar-refractivity contribution in [3.8, 4) is 0 Å². The van der Waals surface area contributed by atoms with Crippen LogP contribution < -0.4 is 15.4 Å². The minimum absolute atomic E-state index is 0.253. The molecule has 118 valence electrons. The van der Waals surface area contributed by atoms with E-state index in [1.165, 1.54) is 13.1 Å². The first-order valence-corrected chi connectivity index (χ1v) is 8.65. The fourth-order valence-corrected chi connectivity index (χ4v) is 3.58. The van der Waals surface area contributed by atoms with Crippen LogP contribution in [0.2, 0.25) is 0 Å². The van der Waals surface area contributed by atoms with Crippen LogP contribution in [-0.2, 0) is 10.0 Å². The first kappa shape index (κ1) is 16.1. The maximum atomic E-state index is 12.2. The van der Waals surface area contributed by atoms with Gasteiger partial charge in [-0.05, 0) is 39.1 Å². The summed E-state index contributed by atoms with van der Waals surface area (Å²) < 4.78 is 26.7. The van der Waals surface area contributed by atoms with Gasteiger partial charge in [0.15, 0.2) is 0 Å². The summed E-state index contributed by atoms with van der Waals surface area (Å²) in [5, 5.41) is 0. The lowest BCUT2D eigenvalue weighted by Crippen LogP contribution is -2.49. The molecule has 3 N–H and O–H groups in total. The third kappa shape index (κ3) is 3.48. The van der Waals surface area contributed by atoms with Gasteiger partial charge in [-0.3, -0.25) is 4.90 Å². The van der Waals surface area contributed by atoms with Crippen molar-refractivity contribution in [2.24, 2.45) is 0 Å². The highest BCUT2D eigenvalue weighted by Gasteiger charge is 2.24. The van der Waals surface area contributed by atoms with E-state index >= 15 is 0 Å². The Balaban J connectivity index is 2.29. The molecule has 1 aromatic carbocycles. The number of hydrogen-bond acceptors (Lipinski definition) is 5. The van der Waals surface area contributed by atoms with Crippen LogP contribution in [0.1, 0.15) is 13.8 Å². The average Bonchev–Trinajstić information content (AvgIpc) is 2.47. The molecule has 1 saturated heterocycles. The highest BCUT2D eigenvalue weighted by molar-refractivity contribution is 7.89. The summed E-state index contributed by atoms with van der Waals surface area (Å²) in [6.45, 7) is 7.84. The highest BCUT2D eigenvalue weighted by Crippen LogP contribution is 2.28. The molecule has 1 aliphatic heterocycles. The minimum atomic E-state index is -3.52. The molecule has 0 aliphatic carbocycles. The molecule has 2 rings (SSSR count). The van der Waals surface area contributed by atoms with Crippen molar-refractivity contribution in [2.75, 3.05) is 43.9 Å². The maximum Gasteiger partial charge on any atom is 0.242 e. The molecule has 1 aliphatic rings. The van der Waals surface area contributed by atoms with E-state index in [9.17, 15) is 8.42 Å². The Morgan fingerprint density at radius 2 is 1.81 bits per heavy atom. The van der Waals surface area contributed by atoms with E-state index in [1.807, 2.05) is 0 Å². The van der Waals surface area contributed by atoms with E-state index in [4.69, 9.17) is 5.73 Å². The molecule has 1 heterocycles. The SMILES string of the molecule is CNS(=O)(=O)c1cc(N)ccc1N1CCN(C(C)C)CC1. The summed E-state index contributed by atoms with van der Waals surface area (Å²) in [4.78, 5) is 4.76. The largest absolute Gasteiger partial charge is 0.399 e. The zero-order chi connectivity index (χ0) is 15.6. The number of anilines is 2. The van der Waals surface area contributed by atoms with Gasteiger partial charge in [-0.1, -0.05) is 0 Å². The van der Waals surface area contributed by atoms with Crippen LogP contribution in [0.3, 0.4) is 0 Å². The normalized spacial score (nSPS) is 17.4. The van der Waals surface area contributed by atoms with E-state index in [2.05, 4.69) is 28.4 Å². The number of hydrogen-bond donors (Lipinski definition) is 2. The van der Waals surface area contributed by atoms with Gasteiger partial charge in [0.1, 0.15) is 4.90 Å². The third-order valence-electron chi connectivity index (χ3n) is 3.93. The van der Waals surface area contributed by atoms with Gasteiger partial charge in [0, 0.05) is 37.9 Å². The van der Waals surface area contributed by atoms with Crippen molar-refractivity contribution in [1.82, 2.24) is 9.62 Å². The number of benzene rings is 1. The Kier molecular flexibility index (Phi) is 4.75. The summed E-state index contributed by atoms with van der Waals surface area (Å²) in [6, 6.07) is 5.58. The predicted octanol–water partition coefficient (Wildman–Crippen LogP) is 0.707. The second-order valence-corrected chi connectivity index (χ2v) is 7.41. The monoisotopic (exact) mass is 312 g/mol. The van der Waals surface area contributed by atoms with Gasteiger partial charge < -0.3 is 10.6 Å². The second-order valence-electron chi connectivity index (χ2n) is 5.55. The minimum Gasteiger partial charge on any atom is -0.399 e. The smallest absolute Gasteiger partial charge is 0.242 e. The van der Waals surface area contributed by atoms with Crippen LogP contribution in [-0.4, -0.2) is 52.6 Å². The topological polar surface area (TPSA) is 78.7 Å². The molecule has 1 aromatic rings. The molecular formula is C14H24N4O2S. The van der Waals surface area contributed by atoms with E-state index < -0.39 is 10.0 Å². The first-order valence-electron chi connectivity index (χ1n) is 7.17. The highest BCUT2D eigenvalue weighted by atomic mass is 32.2. The van der Waals surface area contributed by atoms with Gasteiger partial charge in [-0.25, -0.2) is 13.1 Å². The fourth-order valence-electron chi connectivity index (χ4n) is 2.60. The fraction of sp³-hybridized carbons (Fsp3) is 0.571. The van der Waals surface area contributed by atoms with E-state index in [-0.39, 0.29) is 4.90 Å². The number of nitrogens with one attached hydrogen (secondary N) is 1. The Morgan fingerprint density at radius 1 is 1.19 bits per heavy atom. The van der Waals surface area contributed by atoms with Gasteiger partial charge in [0.05, 0.1) is 5.69 Å². The van der Waals surface area contributed by atoms with Gasteiger partial charge in [-0.2, -0.15) is 0 Å². The van der Waals surface area contributed by atoms with Crippen molar-refractivity contribution >= 4 is 21.4 Å². The Morgan fingerprint density at radius 3 is 2.33 bits per heavy atom. The molecule has 0 aromatic heterocycles. The van der Waals surface area contributed by atoms with Crippen molar-refractivity contribution in [3.63, 3.8) is 0 Å². The molecule has 0 saturated carbocycles. The summed E-state index contributed by atoms with van der Waals surface area (Å²) >= 11 is 0. The molecule has 0 atom stereocenters. The molecule has 6 nitrogen and oxygen atoms in total. The molecule has 21 heavy (non-hydrogen) atoms. The molecule has 1 fully saturated rings. The third-order valence-corrected chi connectivity index (χ3v) is 5.37. The van der Waals surface area contributed by atoms with E-state index in [1.54, 1.807) is 12.1 Å². The number of piperazine rings is 1. The zero-order valence-corrected chi connectivity index (χ0v) is 13.7. The first-order chi connectivity index (χ1) is 9.85. The molecule has 0 bridgehead atoms. The predicted molar refractivity (Wildman–Crippen MR) is 86.0 cm³/mol. The van der Waals surface area contributed by atoms with Gasteiger partial charge in [0.2, 0.25) is 10.0 Å². The molecule has 0 spiro atoms. The summed E-state index contributed by atoms with van der Waals surface area (Å²) in [5.41, 5.74) is 6.93. The van der Waals surface area contributed by atoms with Crippen LogP contribution >= 0.6 is 0 Å². The lowest BCUT2D eigenvalue weighted by Gasteiger charge is -2.38. The zero-order valence-electron chi connectivity index (χ0n) is 12.8. The van der Waals surface area contributed by atoms with Crippen LogP contribution in [0.5, 0.6) is 0 Å². The van der Waals surface area contributed by atoms with Crippen molar-refractivity contribution < 1.29 is 8.42 Å². The van der Waals surface area contributed by atoms with Crippen LogP contribution in [0.15, 0.2) is 23.1 Å². The van der Waals surface area contributed by atoms with Crippen LogP contribution in [0.4, 0.5) is 11.4 Å². The van der Waals surface area contributed by atoms with Gasteiger partial charge >= 0.3 is 0 Å². The lowest BCUT2D eigenvalue weighted by atomic mass is 10.2. The van der Waals surface area contributed by atoms with Crippen LogP contribution in [0.25, 0.3) is 0 Å². The summed E-state index contributed by atoms with van der Waals surface area (Å²) in [7, 11) is -2.10. The van der Waals surface area contributed by atoms with Gasteiger partial charge in [0.25, 0.3) is 0 Å². The lowest BCUT2D eigenvalue weighted by molar-refractivity contribution is 0.209.